The summed E-state index contributed by atoms with van der Waals surface area (Å²) in [6, 6.07) is 0.969. The van der Waals surface area contributed by atoms with Crippen molar-refractivity contribution in [3.8, 4) is 23.7 Å². The van der Waals surface area contributed by atoms with Gasteiger partial charge >= 0.3 is 0 Å². The summed E-state index contributed by atoms with van der Waals surface area (Å²) in [5, 5.41) is 0. The maximum absolute atomic E-state index is 5.72. The highest BCUT2D eigenvalue weighted by Gasteiger charge is 2.19. The molecule has 16 heavy (non-hydrogen) atoms. The summed E-state index contributed by atoms with van der Waals surface area (Å²) >= 11 is 0. The van der Waals surface area contributed by atoms with Crippen molar-refractivity contribution >= 4 is 8.32 Å². The van der Waals surface area contributed by atoms with Gasteiger partial charge in [-0.15, -0.1) is 6.58 Å². The molecule has 0 fully saturated rings. The molecule has 0 spiro atoms. The summed E-state index contributed by atoms with van der Waals surface area (Å²) < 4.78 is 5.72. The first-order valence-corrected chi connectivity index (χ1v) is 8.94. The topological polar surface area (TPSA) is 9.23 Å². The Bertz CT molecular complexity index is 309. The molecular weight excluding hydrogens is 212 g/mol. The minimum Gasteiger partial charge on any atom is -0.406 e. The molecule has 0 aliphatic carbocycles. The van der Waals surface area contributed by atoms with E-state index in [9.17, 15) is 0 Å². The molecular formula is C14H22OSi. The number of rotatable bonds is 6. The predicted octanol–water partition coefficient (Wildman–Crippen LogP) is 3.59. The van der Waals surface area contributed by atoms with Crippen molar-refractivity contribution in [1.29, 1.82) is 0 Å². The van der Waals surface area contributed by atoms with Crippen LogP contribution in [-0.2, 0) is 4.43 Å². The second kappa shape index (κ2) is 9.28. The molecule has 0 aliphatic rings. The molecule has 0 rings (SSSR count). The van der Waals surface area contributed by atoms with Crippen LogP contribution in [0.15, 0.2) is 12.7 Å². The highest BCUT2D eigenvalue weighted by atomic mass is 28.4. The average molecular weight is 234 g/mol. The Hall–Kier alpha value is -0.963. The van der Waals surface area contributed by atoms with Crippen molar-refractivity contribution in [2.24, 2.45) is 0 Å². The largest absolute Gasteiger partial charge is 0.406 e. The van der Waals surface area contributed by atoms with Crippen LogP contribution in [0, 0.1) is 23.7 Å². The molecule has 0 saturated heterocycles. The summed E-state index contributed by atoms with van der Waals surface area (Å²) in [7, 11) is -1.55. The van der Waals surface area contributed by atoms with E-state index in [0.717, 1.165) is 18.9 Å². The fourth-order valence-corrected chi connectivity index (χ4v) is 2.37. The fourth-order valence-electron chi connectivity index (χ4n) is 1.09. The SMILES string of the molecule is C=CC[Si](C)(C)OCC#CC#CCCCC. The number of allylic oxidation sites excluding steroid dienone is 1. The summed E-state index contributed by atoms with van der Waals surface area (Å²) in [6.07, 6.45) is 5.21. The Morgan fingerprint density at radius 3 is 2.56 bits per heavy atom. The smallest absolute Gasteiger partial charge is 0.191 e. The maximum Gasteiger partial charge on any atom is 0.191 e. The quantitative estimate of drug-likeness (QED) is 0.295. The summed E-state index contributed by atoms with van der Waals surface area (Å²) in [5.41, 5.74) is 0. The molecule has 0 atom stereocenters. The molecule has 2 heteroatoms. The Morgan fingerprint density at radius 1 is 1.25 bits per heavy atom. The van der Waals surface area contributed by atoms with Crippen LogP contribution < -0.4 is 0 Å². The predicted molar refractivity (Wildman–Crippen MR) is 73.5 cm³/mol. The highest BCUT2D eigenvalue weighted by molar-refractivity contribution is 6.71. The monoisotopic (exact) mass is 234 g/mol. The molecule has 0 aromatic heterocycles. The van der Waals surface area contributed by atoms with Crippen LogP contribution >= 0.6 is 0 Å². The minimum atomic E-state index is -1.55. The van der Waals surface area contributed by atoms with Crippen molar-refractivity contribution in [2.45, 2.75) is 45.3 Å². The molecule has 0 radical (unpaired) electrons. The first-order chi connectivity index (χ1) is 7.62. The number of hydrogen-bond donors (Lipinski definition) is 0. The van der Waals surface area contributed by atoms with Crippen molar-refractivity contribution in [1.82, 2.24) is 0 Å². The van der Waals surface area contributed by atoms with E-state index >= 15 is 0 Å². The first-order valence-electron chi connectivity index (χ1n) is 5.83. The van der Waals surface area contributed by atoms with Crippen molar-refractivity contribution in [3.05, 3.63) is 12.7 Å². The number of unbranched alkanes of at least 4 members (excludes halogenated alkanes) is 2. The third kappa shape index (κ3) is 9.59. The molecule has 0 amide bonds. The summed E-state index contributed by atoms with van der Waals surface area (Å²) in [6.45, 7) is 10.7. The molecule has 0 heterocycles. The van der Waals surface area contributed by atoms with Crippen LogP contribution in [0.3, 0.4) is 0 Å². The second-order valence-corrected chi connectivity index (χ2v) is 8.46. The normalized spacial score (nSPS) is 9.69. The van der Waals surface area contributed by atoms with Gasteiger partial charge in [0.2, 0.25) is 0 Å². The zero-order valence-corrected chi connectivity index (χ0v) is 11.7. The van der Waals surface area contributed by atoms with Crippen LogP contribution in [0.25, 0.3) is 0 Å². The van der Waals surface area contributed by atoms with E-state index in [0.29, 0.717) is 6.61 Å². The van der Waals surface area contributed by atoms with Gasteiger partial charge in [-0.1, -0.05) is 31.3 Å². The molecule has 0 aromatic carbocycles. The Morgan fingerprint density at radius 2 is 1.94 bits per heavy atom. The van der Waals surface area contributed by atoms with Gasteiger partial charge in [0.05, 0.1) is 6.61 Å². The Balaban J connectivity index is 3.75. The van der Waals surface area contributed by atoms with Crippen LogP contribution in [0.4, 0.5) is 0 Å². The van der Waals surface area contributed by atoms with Gasteiger partial charge < -0.3 is 4.43 Å². The van der Waals surface area contributed by atoms with Gasteiger partial charge in [0.15, 0.2) is 8.32 Å². The lowest BCUT2D eigenvalue weighted by Gasteiger charge is -2.18. The Labute approximate surface area is 101 Å². The Kier molecular flexibility index (Phi) is 8.72. The molecule has 0 saturated carbocycles. The van der Waals surface area contributed by atoms with Gasteiger partial charge in [-0.05, 0) is 37.4 Å². The van der Waals surface area contributed by atoms with E-state index < -0.39 is 8.32 Å². The van der Waals surface area contributed by atoms with Crippen LogP contribution in [0.2, 0.25) is 19.1 Å². The van der Waals surface area contributed by atoms with E-state index in [1.54, 1.807) is 0 Å². The molecule has 0 bridgehead atoms. The number of hydrogen-bond acceptors (Lipinski definition) is 1. The lowest BCUT2D eigenvalue weighted by molar-refractivity contribution is 0.362. The standard InChI is InChI=1S/C14H22OSi/c1-5-7-8-9-10-11-12-13-15-16(3,4)14-6-2/h6H,2,5,7-8,13-14H2,1,3-4H3. The van der Waals surface area contributed by atoms with Gasteiger partial charge in [0, 0.05) is 6.42 Å². The molecule has 0 aromatic rings. The van der Waals surface area contributed by atoms with Crippen molar-refractivity contribution in [2.75, 3.05) is 6.61 Å². The summed E-state index contributed by atoms with van der Waals surface area (Å²) in [4.78, 5) is 0. The zero-order chi connectivity index (χ0) is 12.3. The van der Waals surface area contributed by atoms with E-state index in [1.807, 2.05) is 6.08 Å². The molecule has 0 N–H and O–H groups in total. The third-order valence-corrected chi connectivity index (χ3v) is 4.26. The first kappa shape index (κ1) is 15.0. The fraction of sp³-hybridized carbons (Fsp3) is 0.571. The van der Waals surface area contributed by atoms with Crippen LogP contribution in [0.5, 0.6) is 0 Å². The molecule has 1 nitrogen and oxygen atoms in total. The lowest BCUT2D eigenvalue weighted by atomic mass is 10.2. The van der Waals surface area contributed by atoms with Crippen LogP contribution in [0.1, 0.15) is 26.2 Å². The minimum absolute atomic E-state index is 0.496. The van der Waals surface area contributed by atoms with Gasteiger partial charge in [-0.2, -0.15) is 0 Å². The van der Waals surface area contributed by atoms with Gasteiger partial charge in [-0.3, -0.25) is 0 Å². The third-order valence-electron chi connectivity index (χ3n) is 2.07. The highest BCUT2D eigenvalue weighted by Crippen LogP contribution is 2.10. The van der Waals surface area contributed by atoms with Gasteiger partial charge in [0.25, 0.3) is 0 Å². The molecule has 0 aliphatic heterocycles. The van der Waals surface area contributed by atoms with Gasteiger partial charge in [-0.25, -0.2) is 0 Å². The van der Waals surface area contributed by atoms with E-state index in [1.165, 1.54) is 6.42 Å². The van der Waals surface area contributed by atoms with Crippen molar-refractivity contribution < 1.29 is 4.43 Å². The maximum atomic E-state index is 5.72. The van der Waals surface area contributed by atoms with E-state index in [4.69, 9.17) is 4.43 Å². The molecule has 0 unspecified atom stereocenters. The second-order valence-electron chi connectivity index (χ2n) is 4.25. The van der Waals surface area contributed by atoms with E-state index in [2.05, 4.69) is 50.3 Å². The average Bonchev–Trinajstić information content (AvgIpc) is 2.22. The summed E-state index contributed by atoms with van der Waals surface area (Å²) in [5.74, 6) is 11.6. The van der Waals surface area contributed by atoms with E-state index in [-0.39, 0.29) is 0 Å². The van der Waals surface area contributed by atoms with Crippen LogP contribution in [-0.4, -0.2) is 14.9 Å². The molecule has 88 valence electrons. The van der Waals surface area contributed by atoms with Gasteiger partial charge in [0.1, 0.15) is 0 Å². The van der Waals surface area contributed by atoms with Crippen molar-refractivity contribution in [3.63, 3.8) is 0 Å². The lowest BCUT2D eigenvalue weighted by Crippen LogP contribution is -2.29. The zero-order valence-electron chi connectivity index (χ0n) is 10.7.